The fourth-order valence-electron chi connectivity index (χ4n) is 3.05. The van der Waals surface area contributed by atoms with Gasteiger partial charge in [0.1, 0.15) is 10.6 Å². The summed E-state index contributed by atoms with van der Waals surface area (Å²) in [6.45, 7) is 4.66. The lowest BCUT2D eigenvalue weighted by atomic mass is 10.2. The second-order valence-corrected chi connectivity index (χ2v) is 7.56. The first-order valence-corrected chi connectivity index (χ1v) is 11.3. The van der Waals surface area contributed by atoms with Crippen LogP contribution in [0.15, 0.2) is 83.4 Å². The van der Waals surface area contributed by atoms with E-state index in [1.807, 2.05) is 65.2 Å². The highest BCUT2D eigenvalue weighted by atomic mass is 32.2. The van der Waals surface area contributed by atoms with E-state index in [1.54, 1.807) is 25.5 Å². The average molecular weight is 451 g/mol. The number of hydrogen-bond donors (Lipinski definition) is 1. The zero-order valence-corrected chi connectivity index (χ0v) is 18.9. The van der Waals surface area contributed by atoms with Crippen LogP contribution in [0.3, 0.4) is 0 Å². The van der Waals surface area contributed by atoms with Gasteiger partial charge in [0.05, 0.1) is 18.9 Å². The Balaban J connectivity index is 2.03. The number of carbonyl (C=O) groups is 2. The Kier molecular flexibility index (Phi) is 8.57. The van der Waals surface area contributed by atoms with Gasteiger partial charge in [-0.3, -0.25) is 0 Å². The Morgan fingerprint density at radius 3 is 2.28 bits per heavy atom. The zero-order chi connectivity index (χ0) is 22.8. The number of esters is 2. The summed E-state index contributed by atoms with van der Waals surface area (Å²) in [5, 5.41) is 5.82. The molecule has 0 atom stereocenters. The number of ether oxygens (including phenoxy) is 2. The first-order chi connectivity index (χ1) is 15.6. The van der Waals surface area contributed by atoms with Crippen LogP contribution in [0.5, 0.6) is 0 Å². The number of para-hydroxylation sites is 1. The van der Waals surface area contributed by atoms with Crippen molar-refractivity contribution in [3.05, 3.63) is 89.5 Å². The van der Waals surface area contributed by atoms with Crippen LogP contribution in [0.25, 0.3) is 5.69 Å². The first kappa shape index (κ1) is 23.2. The number of aromatic nitrogens is 1. The fourth-order valence-corrected chi connectivity index (χ4v) is 3.93. The summed E-state index contributed by atoms with van der Waals surface area (Å²) in [6.07, 6.45) is 3.14. The molecule has 1 N–H and O–H groups in total. The molecule has 166 valence electrons. The molecule has 7 heteroatoms. The molecule has 0 saturated heterocycles. The number of anilines is 1. The van der Waals surface area contributed by atoms with Crippen molar-refractivity contribution < 1.29 is 19.1 Å². The molecular formula is C25H26N2O4S. The van der Waals surface area contributed by atoms with Gasteiger partial charge in [0, 0.05) is 24.5 Å². The Labute approximate surface area is 192 Å². The van der Waals surface area contributed by atoms with E-state index in [0.29, 0.717) is 24.4 Å². The lowest BCUT2D eigenvalue weighted by Crippen LogP contribution is -2.08. The molecule has 0 amide bonds. The third-order valence-electron chi connectivity index (χ3n) is 4.47. The van der Waals surface area contributed by atoms with Crippen molar-refractivity contribution in [1.82, 2.24) is 4.57 Å². The van der Waals surface area contributed by atoms with E-state index in [1.165, 1.54) is 17.8 Å². The highest BCUT2D eigenvalue weighted by Gasteiger charge is 2.23. The Morgan fingerprint density at radius 1 is 0.969 bits per heavy atom. The van der Waals surface area contributed by atoms with Crippen molar-refractivity contribution in [3.8, 4) is 5.69 Å². The molecule has 3 aromatic rings. The summed E-state index contributed by atoms with van der Waals surface area (Å²) < 4.78 is 12.2. The molecule has 3 rings (SSSR count). The molecule has 0 bridgehead atoms. The summed E-state index contributed by atoms with van der Waals surface area (Å²) in [5.74, 6) is -0.823. The lowest BCUT2D eigenvalue weighted by Gasteiger charge is -2.12. The molecule has 0 spiro atoms. The summed E-state index contributed by atoms with van der Waals surface area (Å²) in [4.78, 5) is 24.5. The monoisotopic (exact) mass is 450 g/mol. The van der Waals surface area contributed by atoms with Crippen molar-refractivity contribution in [2.45, 2.75) is 25.4 Å². The maximum Gasteiger partial charge on any atom is 0.341 e. The number of thioether (sulfide) groups is 1. The van der Waals surface area contributed by atoms with Crippen molar-refractivity contribution in [2.24, 2.45) is 0 Å². The van der Waals surface area contributed by atoms with E-state index in [2.05, 4.69) is 5.32 Å². The van der Waals surface area contributed by atoms with Crippen LogP contribution in [0, 0.1) is 0 Å². The van der Waals surface area contributed by atoms with Gasteiger partial charge < -0.3 is 19.4 Å². The number of benzene rings is 2. The van der Waals surface area contributed by atoms with E-state index < -0.39 is 11.9 Å². The van der Waals surface area contributed by atoms with E-state index >= 15 is 0 Å². The van der Waals surface area contributed by atoms with E-state index in [0.717, 1.165) is 16.3 Å². The second kappa shape index (κ2) is 11.8. The number of hydrogen-bond acceptors (Lipinski definition) is 6. The number of rotatable bonds is 10. The van der Waals surface area contributed by atoms with Gasteiger partial charge in [-0.2, -0.15) is 0 Å². The summed E-state index contributed by atoms with van der Waals surface area (Å²) in [7, 11) is 0. The molecule has 0 fully saturated rings. The van der Waals surface area contributed by atoms with Crippen molar-refractivity contribution in [3.63, 3.8) is 0 Å². The molecule has 0 aliphatic carbocycles. The van der Waals surface area contributed by atoms with Gasteiger partial charge in [-0.1, -0.05) is 60.3 Å². The maximum atomic E-state index is 12.8. The highest BCUT2D eigenvalue weighted by Crippen LogP contribution is 2.36. The quantitative estimate of drug-likeness (QED) is 0.252. The lowest BCUT2D eigenvalue weighted by molar-refractivity contribution is -0.137. The SMILES string of the molecule is CCOC(=O)/C=C\Sc1c(NCc2ccccc2)c(C(=O)OCC)cn1-c1ccccc1. The maximum absolute atomic E-state index is 12.8. The third-order valence-corrected chi connectivity index (χ3v) is 5.37. The van der Waals surface area contributed by atoms with Crippen LogP contribution in [-0.4, -0.2) is 29.7 Å². The minimum Gasteiger partial charge on any atom is -0.463 e. The van der Waals surface area contributed by atoms with Crippen molar-refractivity contribution in [1.29, 1.82) is 0 Å². The van der Waals surface area contributed by atoms with E-state index in [4.69, 9.17) is 9.47 Å². The van der Waals surface area contributed by atoms with Crippen LogP contribution < -0.4 is 5.32 Å². The third kappa shape index (κ3) is 6.04. The Hall–Kier alpha value is -3.45. The molecule has 2 aromatic carbocycles. The second-order valence-electron chi connectivity index (χ2n) is 6.66. The predicted molar refractivity (Wildman–Crippen MR) is 127 cm³/mol. The highest BCUT2D eigenvalue weighted by molar-refractivity contribution is 8.02. The smallest absolute Gasteiger partial charge is 0.341 e. The van der Waals surface area contributed by atoms with Gasteiger partial charge in [-0.15, -0.1) is 0 Å². The minimum atomic E-state index is -0.415. The summed E-state index contributed by atoms with van der Waals surface area (Å²) in [6, 6.07) is 19.6. The Bertz CT molecular complexity index is 1060. The molecule has 0 saturated carbocycles. The molecule has 6 nitrogen and oxygen atoms in total. The topological polar surface area (TPSA) is 69.6 Å². The minimum absolute atomic E-state index is 0.277. The van der Waals surface area contributed by atoms with Gasteiger partial charge in [0.25, 0.3) is 0 Å². The van der Waals surface area contributed by atoms with Crippen LogP contribution in [-0.2, 0) is 20.8 Å². The average Bonchev–Trinajstić information content (AvgIpc) is 3.18. The standard InChI is InChI=1S/C25H26N2O4S/c1-3-30-22(28)15-16-32-24-23(26-17-19-11-7-5-8-12-19)21(25(29)31-4-2)18-27(24)20-13-9-6-10-14-20/h5-16,18,26H,3-4,17H2,1-2H3/b16-15-. The molecule has 0 radical (unpaired) electrons. The van der Waals surface area contributed by atoms with E-state index in [-0.39, 0.29) is 6.61 Å². The predicted octanol–water partition coefficient (Wildman–Crippen LogP) is 5.44. The van der Waals surface area contributed by atoms with Gasteiger partial charge in [-0.05, 0) is 37.0 Å². The fraction of sp³-hybridized carbons (Fsp3) is 0.200. The van der Waals surface area contributed by atoms with Crippen molar-refractivity contribution >= 4 is 29.4 Å². The molecule has 0 unspecified atom stereocenters. The van der Waals surface area contributed by atoms with Crippen molar-refractivity contribution in [2.75, 3.05) is 18.5 Å². The zero-order valence-electron chi connectivity index (χ0n) is 18.1. The normalized spacial score (nSPS) is 10.8. The molecule has 1 heterocycles. The van der Waals surface area contributed by atoms with Crippen LogP contribution in [0.1, 0.15) is 29.8 Å². The van der Waals surface area contributed by atoms with Gasteiger partial charge in [0.2, 0.25) is 0 Å². The summed E-state index contributed by atoms with van der Waals surface area (Å²) in [5.41, 5.74) is 3.04. The number of carbonyl (C=O) groups excluding carboxylic acids is 2. The van der Waals surface area contributed by atoms with Crippen LogP contribution in [0.2, 0.25) is 0 Å². The van der Waals surface area contributed by atoms with E-state index in [9.17, 15) is 9.59 Å². The number of nitrogens with one attached hydrogen (secondary N) is 1. The molecule has 1 aromatic heterocycles. The van der Waals surface area contributed by atoms with Gasteiger partial charge in [0.15, 0.2) is 0 Å². The molecule has 0 aliphatic rings. The molecule has 32 heavy (non-hydrogen) atoms. The van der Waals surface area contributed by atoms with Crippen LogP contribution in [0.4, 0.5) is 5.69 Å². The largest absolute Gasteiger partial charge is 0.463 e. The first-order valence-electron chi connectivity index (χ1n) is 10.4. The Morgan fingerprint density at radius 2 is 1.62 bits per heavy atom. The van der Waals surface area contributed by atoms with Gasteiger partial charge in [-0.25, -0.2) is 9.59 Å². The van der Waals surface area contributed by atoms with Gasteiger partial charge >= 0.3 is 11.9 Å². The number of nitrogens with zero attached hydrogens (tertiary/aromatic N) is 1. The molecular weight excluding hydrogens is 424 g/mol. The van der Waals surface area contributed by atoms with Crippen LogP contribution >= 0.6 is 11.8 Å². The molecule has 0 aliphatic heterocycles. The summed E-state index contributed by atoms with van der Waals surface area (Å²) >= 11 is 1.33.